The number of anilines is 2. The van der Waals surface area contributed by atoms with Crippen molar-refractivity contribution in [2.75, 3.05) is 41.4 Å². The molecule has 0 amide bonds. The van der Waals surface area contributed by atoms with Gasteiger partial charge in [-0.25, -0.2) is 26.3 Å². The van der Waals surface area contributed by atoms with Crippen LogP contribution in [0.25, 0.3) is 33.8 Å². The summed E-state index contributed by atoms with van der Waals surface area (Å²) in [6, 6.07) is 51.7. The summed E-state index contributed by atoms with van der Waals surface area (Å²) in [5.74, 6) is 3.30. The minimum Gasteiger partial charge on any atom is -0.481 e. The number of H-pyrrole nitrogens is 1. The van der Waals surface area contributed by atoms with Crippen LogP contribution in [-0.2, 0) is 83.8 Å². The predicted octanol–water partition coefficient (Wildman–Crippen LogP) is 29.8. The Morgan fingerprint density at radius 2 is 0.803 bits per heavy atom. The van der Waals surface area contributed by atoms with Crippen LogP contribution >= 0.6 is 173 Å². The molecule has 7 heterocycles. The van der Waals surface area contributed by atoms with Gasteiger partial charge in [0.05, 0.1) is 116 Å². The Labute approximate surface area is 936 Å². The van der Waals surface area contributed by atoms with E-state index in [4.69, 9.17) is 118 Å². The van der Waals surface area contributed by atoms with E-state index in [1.54, 1.807) is 60.7 Å². The van der Waals surface area contributed by atoms with Gasteiger partial charge in [-0.3, -0.25) is 4.79 Å². The Hall–Kier alpha value is -8.02. The summed E-state index contributed by atoms with van der Waals surface area (Å²) >= 11 is 54.2. The van der Waals surface area contributed by atoms with Crippen LogP contribution < -0.4 is 15.1 Å². The molecule has 147 heavy (non-hydrogen) atoms. The lowest BCUT2D eigenvalue weighted by Gasteiger charge is -2.33. The van der Waals surface area contributed by atoms with Crippen LogP contribution in [0.5, 0.6) is 0 Å². The maximum atomic E-state index is 15.2. The summed E-state index contributed by atoms with van der Waals surface area (Å²) in [7, 11) is 0. The highest BCUT2D eigenvalue weighted by Gasteiger charge is 2.49. The van der Waals surface area contributed by atoms with E-state index in [0.717, 1.165) is 175 Å². The number of aliphatic carboxylic acids is 1. The molecule has 3 aliphatic heterocycles. The van der Waals surface area contributed by atoms with Crippen molar-refractivity contribution in [2.24, 2.45) is 17.8 Å². The van der Waals surface area contributed by atoms with Gasteiger partial charge in [-0.15, -0.1) is 34.2 Å². The smallest absolute Gasteiger partial charge is 0.307 e. The zero-order valence-electron chi connectivity index (χ0n) is 79.1. The van der Waals surface area contributed by atoms with Crippen LogP contribution in [0.3, 0.4) is 0 Å². The van der Waals surface area contributed by atoms with Crippen molar-refractivity contribution < 1.29 is 69.1 Å². The van der Waals surface area contributed by atoms with E-state index in [2.05, 4.69) is 137 Å². The van der Waals surface area contributed by atoms with Crippen molar-refractivity contribution in [3.8, 4) is 45.9 Å². The summed E-state index contributed by atoms with van der Waals surface area (Å²) in [6.45, 7) is 3.97. The topological polar surface area (TPSA) is 284 Å². The number of hydrogen-bond donors (Lipinski definition) is 4. The lowest BCUT2D eigenvalue weighted by molar-refractivity contribution is -0.136. The number of carboxylic acid groups (broad SMARTS) is 1. The Bertz CT molecular complexity index is 6710. The fourth-order valence-electron chi connectivity index (χ4n) is 19.5. The number of alkyl halides is 1. The molecule has 9 fully saturated rings. The molecule has 9 aliphatic rings. The molecule has 3 saturated heterocycles. The van der Waals surface area contributed by atoms with E-state index in [1.165, 1.54) is 30.7 Å². The number of carboxylic acids is 1. The van der Waals surface area contributed by atoms with Gasteiger partial charge in [-0.2, -0.15) is 15.7 Å². The van der Waals surface area contributed by atoms with Crippen LogP contribution in [0.2, 0.25) is 30.1 Å². The summed E-state index contributed by atoms with van der Waals surface area (Å²) in [5, 5.41) is 68.7. The Kier molecular flexibility index (Phi) is 41.1. The van der Waals surface area contributed by atoms with Gasteiger partial charge >= 0.3 is 5.97 Å². The Balaban J connectivity index is 0.000000137. The molecular weight excluding hydrogens is 2460 g/mol. The molecule has 9 atom stereocenters. The third-order valence-electron chi connectivity index (χ3n) is 27.3. The average Bonchev–Trinajstić information content (AvgIpc) is 1.61. The summed E-state index contributed by atoms with van der Waals surface area (Å²) in [6.07, 6.45) is 17.7. The van der Waals surface area contributed by atoms with Crippen molar-refractivity contribution >= 4 is 191 Å². The number of nitriles is 2. The molecule has 21 nitrogen and oxygen atoms in total. The highest BCUT2D eigenvalue weighted by molar-refractivity contribution is 14.0. The van der Waals surface area contributed by atoms with Gasteiger partial charge in [-0.05, 0) is 321 Å². The number of aromatic nitrogens is 7. The maximum absolute atomic E-state index is 15.2. The molecule has 774 valence electrons. The number of tetrazole rings is 1. The number of aromatic amines is 1. The molecule has 0 unspecified atom stereocenters. The van der Waals surface area contributed by atoms with E-state index in [-0.39, 0.29) is 90.4 Å². The predicted molar refractivity (Wildman–Crippen MR) is 583 cm³/mol. The van der Waals surface area contributed by atoms with Crippen molar-refractivity contribution in [2.45, 2.75) is 209 Å². The van der Waals surface area contributed by atoms with E-state index < -0.39 is 11.8 Å². The normalized spacial score (nSPS) is 19.3. The summed E-state index contributed by atoms with van der Waals surface area (Å²) < 4.78 is 120. The summed E-state index contributed by atoms with van der Waals surface area (Å²) in [4.78, 5) is 14.6. The molecule has 4 aromatic heterocycles. The number of aryl methyl sites for hydroxylation is 5. The first kappa shape index (κ1) is 113. The number of aliphatic hydroxyl groups excluding tert-OH is 1. The SMILES string of the molecule is Clc1cccc(Cl)c1-c1noc(C2CC2)c1CO[C@@H]1C[C@@H]2C[C@H]1CN2.Fc1cc(CCBr)ccc1Br.Fc1cc(CCc2nn[nH]n2)ccc1N1C[C@@H]2C[C@H]1C[C@H]2OCc1c(-c2c(Cl)cccc2Cl)noc1C1CC1.I.N#CCCc1ccc(Br)c(F)c1.N#CCCc1ccc(N2C[C@@H]3C[C@H]2C[C@H]3OCc2c(-c3c(Cl)cccc3Cl)noc2C2CC2)c(F)c1.O=C(O)Cc1ccc(Br)c(F)c1.OCCc1ccc(Br)c(F)c1. The zero-order chi connectivity index (χ0) is 103. The van der Waals surface area contributed by atoms with Crippen molar-refractivity contribution in [1.82, 2.24) is 41.4 Å². The Morgan fingerprint density at radius 1 is 0.449 bits per heavy atom. The standard InChI is InChI=1S/C28H27Cl2FN6O2.C28H26Cl2FN3O2.C19H20Cl2N2O2.C9H7BrFN.C8H7Br2F.C8H6BrFO2.C8H8BrFO.HI/c29-20-2-1-3-21(30)26(20)27-19(28(39-34-27)16-6-7-16)14-38-24-12-18-11-17(24)13-37(18)23-8-4-15(10-22(23)31)5-9-25-32-35-36-33-25;29-21-4-1-5-22(30)26(21)27-20(28(36-33-27)17-7-8-17)15-35-25-13-19-12-18(25)14-34(19)24-9-6-16(3-2-10-32)11-23(24)31;20-14-2-1-3-15(21)17(14)18-13(19(25-23-18)10-4-5-10)9-24-16-7-12-6-11(16)8-22-12;10-8-4-3-7(2-1-5-12)6-9(8)11;9-4-3-6-1-2-7(10)8(11)5-6;9-6-2-1-5(3-7(6)10)4-8(11)12;9-7-2-1-6(3-4-11)5-8(7)10;/h1-4,8,10,16-18,24H,5-7,9,11-14H2,(H,32,33,35,36);1,4-6,9,11,17-19,25H,2-3,7-8,12-15H2;1-3,10-12,16,22H,4-9H2;3-4,6H,1-2H2;1-2,5H,3-4H2;1-3H,4H2,(H,11,12);1-2,5,11H,3-4H2;1H/t17-,18-,24+;18-,19-,25+;11-,12-,16+;;;;;/m000...../s1. The van der Waals surface area contributed by atoms with Gasteiger partial charge < -0.3 is 53.1 Å². The molecule has 9 aromatic carbocycles. The minimum atomic E-state index is -0.961. The first-order valence-corrected chi connectivity index (χ1v) is 54.7. The van der Waals surface area contributed by atoms with Crippen LogP contribution in [-0.4, -0.2) is 120 Å². The average molecular weight is 2570 g/mol. The van der Waals surface area contributed by atoms with E-state index in [0.29, 0.717) is 206 Å². The molecule has 0 radical (unpaired) electrons. The van der Waals surface area contributed by atoms with Gasteiger partial charge in [0.2, 0.25) is 0 Å². The molecule has 22 rings (SSSR count). The van der Waals surface area contributed by atoms with E-state index in [1.807, 2.05) is 84.9 Å². The van der Waals surface area contributed by atoms with Gasteiger partial charge in [0.1, 0.15) is 69.3 Å². The molecule has 6 aliphatic carbocycles. The molecule has 39 heteroatoms. The zero-order valence-corrected chi connectivity index (χ0v) is 93.9. The van der Waals surface area contributed by atoms with Gasteiger partial charge in [0, 0.05) is 132 Å². The Morgan fingerprint density at radius 3 is 1.12 bits per heavy atom. The third kappa shape index (κ3) is 29.5. The number of carbonyl (C=O) groups is 1. The highest BCUT2D eigenvalue weighted by Crippen LogP contribution is 2.53. The maximum Gasteiger partial charge on any atom is 0.307 e. The number of halogens is 18. The van der Waals surface area contributed by atoms with Crippen molar-refractivity contribution in [3.05, 3.63) is 320 Å². The van der Waals surface area contributed by atoms with Gasteiger partial charge in [0.15, 0.2) is 5.82 Å². The number of benzene rings is 9. The minimum absolute atomic E-state index is 0. The quantitative estimate of drug-likeness (QED) is 0.0185. The molecule has 4 N–H and O–H groups in total. The van der Waals surface area contributed by atoms with E-state index in [9.17, 15) is 26.7 Å². The van der Waals surface area contributed by atoms with Gasteiger partial charge in [-0.1, -0.05) is 161 Å². The largest absolute Gasteiger partial charge is 0.481 e. The molecule has 6 saturated carbocycles. The van der Waals surface area contributed by atoms with Crippen molar-refractivity contribution in [1.29, 1.82) is 10.5 Å². The first-order chi connectivity index (χ1) is 70.6. The van der Waals surface area contributed by atoms with Crippen LogP contribution in [0.15, 0.2) is 195 Å². The van der Waals surface area contributed by atoms with Crippen molar-refractivity contribution in [3.63, 3.8) is 0 Å². The van der Waals surface area contributed by atoms with Gasteiger partial charge in [0.25, 0.3) is 0 Å². The first-order valence-electron chi connectivity index (χ1n) is 48.2. The van der Waals surface area contributed by atoms with E-state index >= 15 is 4.39 Å². The number of hydrogen-bond acceptors (Lipinski definition) is 19. The second-order valence-corrected chi connectivity index (χ2v) is 44.0. The lowest BCUT2D eigenvalue weighted by Crippen LogP contribution is -2.39. The molecule has 6 bridgehead atoms. The van der Waals surface area contributed by atoms with Crippen LogP contribution in [0.1, 0.15) is 181 Å². The fourth-order valence-corrected chi connectivity index (χ4v) is 22.7. The number of aliphatic hydroxyl groups is 1. The molecular formula is C108H102Br5Cl6F6IN12O9. The number of ether oxygens (including phenoxy) is 3. The number of nitrogens with one attached hydrogen (secondary N) is 2. The second-order valence-electron chi connectivity index (χ2n) is 37.4. The second kappa shape index (κ2) is 53.5. The monoisotopic (exact) mass is 2560 g/mol. The number of nitrogens with zero attached hydrogens (tertiary/aromatic N) is 10. The highest BCUT2D eigenvalue weighted by atomic mass is 127. The number of rotatable bonds is 30. The van der Waals surface area contributed by atoms with Crippen LogP contribution in [0.4, 0.5) is 37.7 Å². The third-order valence-corrected chi connectivity index (χ3v) is 32.1. The number of piperidine rings is 3. The number of fused-ring (bicyclic) bond motifs is 6. The molecule has 13 aromatic rings. The fraction of sp³-hybridized carbons (Fsp3) is 0.380. The molecule has 0 spiro atoms. The lowest BCUT2D eigenvalue weighted by atomic mass is 10.0. The summed E-state index contributed by atoms with van der Waals surface area (Å²) in [5.41, 5.74) is 13.3. The van der Waals surface area contributed by atoms with Crippen LogP contribution in [0, 0.1) is 75.3 Å².